The van der Waals surface area contributed by atoms with Crippen molar-refractivity contribution in [2.24, 2.45) is 5.84 Å². The van der Waals surface area contributed by atoms with E-state index in [1.165, 1.54) is 25.7 Å². The molecule has 0 amide bonds. The Bertz CT molecular complexity index is 363. The third-order valence-electron chi connectivity index (χ3n) is 3.50. The first-order chi connectivity index (χ1) is 8.79. The first-order valence-electron chi connectivity index (χ1n) is 6.53. The van der Waals surface area contributed by atoms with E-state index in [1.54, 1.807) is 6.20 Å². The monoisotopic (exact) mass is 250 g/mol. The van der Waals surface area contributed by atoms with E-state index in [0.717, 1.165) is 24.9 Å². The molecule has 6 nitrogen and oxygen atoms in total. The number of nitrogens with two attached hydrogens (primary N) is 1. The van der Waals surface area contributed by atoms with E-state index in [2.05, 4.69) is 32.7 Å². The van der Waals surface area contributed by atoms with Crippen molar-refractivity contribution >= 4 is 11.8 Å². The second-order valence-electron chi connectivity index (χ2n) is 4.76. The van der Waals surface area contributed by atoms with Gasteiger partial charge in [0.25, 0.3) is 0 Å². The lowest BCUT2D eigenvalue weighted by atomic mass is 10.2. The minimum absolute atomic E-state index is 0.434. The molecule has 0 saturated heterocycles. The minimum Gasteiger partial charge on any atom is -0.369 e. The predicted molar refractivity (Wildman–Crippen MR) is 73.2 cm³/mol. The van der Waals surface area contributed by atoms with Crippen molar-refractivity contribution in [2.45, 2.75) is 31.7 Å². The molecule has 1 aromatic rings. The van der Waals surface area contributed by atoms with Crippen LogP contribution in [0.25, 0.3) is 0 Å². The number of aromatic nitrogens is 2. The van der Waals surface area contributed by atoms with Crippen molar-refractivity contribution in [1.29, 1.82) is 0 Å². The smallest absolute Gasteiger partial charge is 0.239 e. The molecule has 100 valence electrons. The predicted octanol–water partition coefficient (Wildman–Crippen LogP) is 1.05. The second kappa shape index (κ2) is 6.51. The van der Waals surface area contributed by atoms with Gasteiger partial charge >= 0.3 is 0 Å². The molecule has 1 saturated carbocycles. The van der Waals surface area contributed by atoms with Crippen molar-refractivity contribution in [3.05, 3.63) is 12.3 Å². The van der Waals surface area contributed by atoms with Crippen molar-refractivity contribution in [3.63, 3.8) is 0 Å². The molecule has 1 heterocycles. The Morgan fingerprint density at radius 2 is 2.22 bits per heavy atom. The Hall–Kier alpha value is -1.40. The van der Waals surface area contributed by atoms with Crippen molar-refractivity contribution in [3.8, 4) is 0 Å². The highest BCUT2D eigenvalue weighted by molar-refractivity contribution is 5.38. The maximum Gasteiger partial charge on any atom is 0.239 e. The van der Waals surface area contributed by atoms with Crippen LogP contribution in [0.1, 0.15) is 25.7 Å². The van der Waals surface area contributed by atoms with Gasteiger partial charge in [-0.3, -0.25) is 5.43 Å². The summed E-state index contributed by atoms with van der Waals surface area (Å²) in [6, 6.07) is 2.61. The van der Waals surface area contributed by atoms with Gasteiger partial charge in [-0.15, -0.1) is 0 Å². The quantitative estimate of drug-likeness (QED) is 0.517. The summed E-state index contributed by atoms with van der Waals surface area (Å²) >= 11 is 0. The maximum atomic E-state index is 5.27. The standard InChI is InChI=1S/C12H22N6/c1-18(10-4-2-3-5-10)9-8-14-11-6-7-15-12(16-11)17-13/h6-7,10H,2-5,8-9,13H2,1H3,(H2,14,15,16,17). The van der Waals surface area contributed by atoms with Crippen LogP contribution in [0, 0.1) is 0 Å². The maximum absolute atomic E-state index is 5.27. The molecule has 4 N–H and O–H groups in total. The average Bonchev–Trinajstić information content (AvgIpc) is 2.93. The zero-order valence-corrected chi connectivity index (χ0v) is 10.9. The van der Waals surface area contributed by atoms with E-state index in [4.69, 9.17) is 5.84 Å². The van der Waals surface area contributed by atoms with Crippen LogP contribution in [0.4, 0.5) is 11.8 Å². The third kappa shape index (κ3) is 3.54. The molecular weight excluding hydrogens is 228 g/mol. The molecule has 0 aromatic carbocycles. The van der Waals surface area contributed by atoms with Gasteiger partial charge in [0.15, 0.2) is 0 Å². The van der Waals surface area contributed by atoms with Gasteiger partial charge in [-0.05, 0) is 26.0 Å². The summed E-state index contributed by atoms with van der Waals surface area (Å²) in [5.74, 6) is 6.51. The van der Waals surface area contributed by atoms with Crippen molar-refractivity contribution in [2.75, 3.05) is 30.9 Å². The minimum atomic E-state index is 0.434. The SMILES string of the molecule is CN(CCNc1ccnc(NN)n1)C1CCCC1. The molecule has 0 atom stereocenters. The summed E-state index contributed by atoms with van der Waals surface area (Å²) in [5.41, 5.74) is 2.44. The molecule has 0 spiro atoms. The van der Waals surface area contributed by atoms with E-state index >= 15 is 0 Å². The molecule has 6 heteroatoms. The first-order valence-corrected chi connectivity index (χ1v) is 6.53. The summed E-state index contributed by atoms with van der Waals surface area (Å²) < 4.78 is 0. The molecule has 1 aliphatic rings. The number of hydrogen-bond donors (Lipinski definition) is 3. The second-order valence-corrected chi connectivity index (χ2v) is 4.76. The Morgan fingerprint density at radius 1 is 1.44 bits per heavy atom. The Balaban J connectivity index is 1.73. The van der Waals surface area contributed by atoms with Gasteiger partial charge in [0.1, 0.15) is 5.82 Å². The molecular formula is C12H22N6. The Morgan fingerprint density at radius 3 is 2.94 bits per heavy atom. The fraction of sp³-hybridized carbons (Fsp3) is 0.667. The van der Waals surface area contributed by atoms with Crippen LogP contribution in [0.2, 0.25) is 0 Å². The molecule has 1 fully saturated rings. The van der Waals surface area contributed by atoms with E-state index < -0.39 is 0 Å². The molecule has 1 aromatic heterocycles. The van der Waals surface area contributed by atoms with Gasteiger partial charge in [-0.25, -0.2) is 10.8 Å². The highest BCUT2D eigenvalue weighted by Gasteiger charge is 2.18. The zero-order valence-electron chi connectivity index (χ0n) is 10.9. The van der Waals surface area contributed by atoms with E-state index in [1.807, 2.05) is 6.07 Å². The normalized spacial score (nSPS) is 16.2. The van der Waals surface area contributed by atoms with Crippen LogP contribution < -0.4 is 16.6 Å². The highest BCUT2D eigenvalue weighted by Crippen LogP contribution is 2.21. The topological polar surface area (TPSA) is 79.1 Å². The van der Waals surface area contributed by atoms with Gasteiger partial charge in [-0.1, -0.05) is 12.8 Å². The molecule has 0 radical (unpaired) electrons. The third-order valence-corrected chi connectivity index (χ3v) is 3.50. The number of likely N-dealkylation sites (N-methyl/N-ethyl adjacent to an activating group) is 1. The zero-order chi connectivity index (χ0) is 12.8. The number of nitrogens with one attached hydrogen (secondary N) is 2. The van der Waals surface area contributed by atoms with Gasteiger partial charge in [0.2, 0.25) is 5.95 Å². The number of anilines is 2. The molecule has 0 unspecified atom stereocenters. The Labute approximate surface area is 108 Å². The van der Waals surface area contributed by atoms with Crippen LogP contribution in [-0.4, -0.2) is 41.0 Å². The number of hydrogen-bond acceptors (Lipinski definition) is 6. The molecule has 2 rings (SSSR count). The lowest BCUT2D eigenvalue weighted by molar-refractivity contribution is 0.254. The highest BCUT2D eigenvalue weighted by atomic mass is 15.3. The van der Waals surface area contributed by atoms with Crippen LogP contribution in [0.15, 0.2) is 12.3 Å². The lowest BCUT2D eigenvalue weighted by Gasteiger charge is -2.24. The summed E-state index contributed by atoms with van der Waals surface area (Å²) in [5, 5.41) is 3.29. The molecule has 0 aliphatic heterocycles. The van der Waals surface area contributed by atoms with Gasteiger partial charge in [0, 0.05) is 25.3 Å². The fourth-order valence-electron chi connectivity index (χ4n) is 2.41. The molecule has 0 bridgehead atoms. The number of nitrogen functional groups attached to an aromatic ring is 1. The lowest BCUT2D eigenvalue weighted by Crippen LogP contribution is -2.33. The van der Waals surface area contributed by atoms with E-state index in [9.17, 15) is 0 Å². The van der Waals surface area contributed by atoms with Crippen LogP contribution in [-0.2, 0) is 0 Å². The van der Waals surface area contributed by atoms with Crippen molar-refractivity contribution < 1.29 is 0 Å². The van der Waals surface area contributed by atoms with Gasteiger partial charge in [-0.2, -0.15) is 4.98 Å². The fourth-order valence-corrected chi connectivity index (χ4v) is 2.41. The summed E-state index contributed by atoms with van der Waals surface area (Å²) in [7, 11) is 2.20. The summed E-state index contributed by atoms with van der Waals surface area (Å²) in [4.78, 5) is 10.6. The average molecular weight is 250 g/mol. The Kier molecular flexibility index (Phi) is 4.72. The van der Waals surface area contributed by atoms with E-state index in [-0.39, 0.29) is 0 Å². The van der Waals surface area contributed by atoms with Crippen LogP contribution in [0.5, 0.6) is 0 Å². The summed E-state index contributed by atoms with van der Waals surface area (Å²) in [6.45, 7) is 1.91. The number of nitrogens with zero attached hydrogens (tertiary/aromatic N) is 3. The molecule has 1 aliphatic carbocycles. The van der Waals surface area contributed by atoms with Gasteiger partial charge < -0.3 is 10.2 Å². The number of hydrazine groups is 1. The van der Waals surface area contributed by atoms with Crippen LogP contribution >= 0.6 is 0 Å². The number of rotatable bonds is 6. The van der Waals surface area contributed by atoms with Crippen LogP contribution in [0.3, 0.4) is 0 Å². The first kappa shape index (κ1) is 13.0. The molecule has 18 heavy (non-hydrogen) atoms. The largest absolute Gasteiger partial charge is 0.369 e. The van der Waals surface area contributed by atoms with Gasteiger partial charge in [0.05, 0.1) is 0 Å². The van der Waals surface area contributed by atoms with Crippen molar-refractivity contribution in [1.82, 2.24) is 14.9 Å². The summed E-state index contributed by atoms with van der Waals surface area (Å²) in [6.07, 6.45) is 7.11. The van der Waals surface area contributed by atoms with E-state index in [0.29, 0.717) is 5.95 Å².